The number of hydrogen-bond donors (Lipinski definition) is 1. The van der Waals surface area contributed by atoms with Gasteiger partial charge in [0.1, 0.15) is 16.4 Å². The zero-order chi connectivity index (χ0) is 21.3. The van der Waals surface area contributed by atoms with Crippen molar-refractivity contribution in [3.05, 3.63) is 82.0 Å². The summed E-state index contributed by atoms with van der Waals surface area (Å²) < 4.78 is 33.5. The number of benzene rings is 2. The van der Waals surface area contributed by atoms with Crippen molar-refractivity contribution >= 4 is 38.9 Å². The van der Waals surface area contributed by atoms with Crippen LogP contribution in [0.3, 0.4) is 0 Å². The molecular formula is C22H15ClF2N2O2S. The number of carbonyl (C=O) groups is 1. The van der Waals surface area contributed by atoms with E-state index in [0.29, 0.717) is 21.6 Å². The van der Waals surface area contributed by atoms with Gasteiger partial charge < -0.3 is 10.1 Å². The first kappa shape index (κ1) is 20.3. The van der Waals surface area contributed by atoms with E-state index in [2.05, 4.69) is 10.3 Å². The van der Waals surface area contributed by atoms with Crippen LogP contribution < -0.4 is 10.1 Å². The molecule has 0 saturated heterocycles. The molecule has 30 heavy (non-hydrogen) atoms. The van der Waals surface area contributed by atoms with Gasteiger partial charge in [-0.05, 0) is 41.5 Å². The van der Waals surface area contributed by atoms with Gasteiger partial charge in [0.15, 0.2) is 0 Å². The fourth-order valence-electron chi connectivity index (χ4n) is 3.15. The highest BCUT2D eigenvalue weighted by Gasteiger charge is 2.19. The number of rotatable bonds is 5. The monoisotopic (exact) mass is 444 g/mol. The molecule has 2 heterocycles. The van der Waals surface area contributed by atoms with Crippen LogP contribution in [0.1, 0.15) is 15.2 Å². The van der Waals surface area contributed by atoms with Crippen LogP contribution in [-0.4, -0.2) is 18.0 Å². The topological polar surface area (TPSA) is 51.2 Å². The van der Waals surface area contributed by atoms with Gasteiger partial charge in [0, 0.05) is 34.5 Å². The summed E-state index contributed by atoms with van der Waals surface area (Å²) in [6.07, 6.45) is 1.39. The molecule has 0 atom stereocenters. The molecule has 0 aliphatic carbocycles. The molecule has 8 heteroatoms. The molecule has 2 aromatic heterocycles. The lowest BCUT2D eigenvalue weighted by atomic mass is 10.0. The highest BCUT2D eigenvalue weighted by molar-refractivity contribution is 7.21. The number of pyridine rings is 1. The molecule has 0 radical (unpaired) electrons. The molecule has 1 amide bonds. The summed E-state index contributed by atoms with van der Waals surface area (Å²) >= 11 is 7.39. The van der Waals surface area contributed by atoms with E-state index in [9.17, 15) is 13.6 Å². The minimum atomic E-state index is -0.579. The van der Waals surface area contributed by atoms with E-state index in [0.717, 1.165) is 16.9 Å². The molecule has 0 aliphatic rings. The number of nitrogens with one attached hydrogen (secondary N) is 1. The third-order valence-electron chi connectivity index (χ3n) is 4.59. The van der Waals surface area contributed by atoms with Gasteiger partial charge in [0.25, 0.3) is 5.91 Å². The summed E-state index contributed by atoms with van der Waals surface area (Å²) in [6.45, 7) is 0.149. The van der Waals surface area contributed by atoms with Crippen molar-refractivity contribution in [2.75, 3.05) is 7.11 Å². The lowest BCUT2D eigenvalue weighted by Crippen LogP contribution is -2.22. The van der Waals surface area contributed by atoms with E-state index < -0.39 is 17.7 Å². The van der Waals surface area contributed by atoms with Crippen LogP contribution in [-0.2, 0) is 6.54 Å². The van der Waals surface area contributed by atoms with Crippen molar-refractivity contribution in [1.29, 1.82) is 0 Å². The summed E-state index contributed by atoms with van der Waals surface area (Å²) in [5.41, 5.74) is 2.10. The number of nitrogens with zero attached hydrogens (tertiary/aromatic N) is 1. The Hall–Kier alpha value is -3.03. The summed E-state index contributed by atoms with van der Waals surface area (Å²) in [7, 11) is 1.53. The Bertz CT molecular complexity index is 1260. The lowest BCUT2D eigenvalue weighted by molar-refractivity contribution is 0.0955. The maximum atomic E-state index is 14.1. The number of carbonyl (C=O) groups excluding carboxylic acids is 1. The molecule has 0 aliphatic heterocycles. The quantitative estimate of drug-likeness (QED) is 0.394. The molecule has 152 valence electrons. The van der Waals surface area contributed by atoms with Crippen LogP contribution in [0.15, 0.2) is 54.7 Å². The highest BCUT2D eigenvalue weighted by atomic mass is 35.5. The van der Waals surface area contributed by atoms with Crippen LogP contribution >= 0.6 is 22.9 Å². The van der Waals surface area contributed by atoms with Gasteiger partial charge >= 0.3 is 0 Å². The summed E-state index contributed by atoms with van der Waals surface area (Å²) in [5, 5.41) is 3.14. The van der Waals surface area contributed by atoms with Crippen LogP contribution in [0.5, 0.6) is 5.75 Å². The average molecular weight is 445 g/mol. The molecule has 0 unspecified atom stereocenters. The zero-order valence-corrected chi connectivity index (χ0v) is 17.3. The number of ether oxygens (including phenoxy) is 1. The molecule has 0 spiro atoms. The number of thiophene rings is 1. The maximum Gasteiger partial charge on any atom is 0.263 e. The standard InChI is InChI=1S/C22H15ClF2N2O2S/c1-29-16-6-5-12(13-7-8-26-18(25)10-13)9-14(16)11-27-22(28)21-20(23)19-15(24)3-2-4-17(19)30-21/h2-10H,11H2,1H3,(H,27,28). The first-order chi connectivity index (χ1) is 14.5. The van der Waals surface area contributed by atoms with Crippen molar-refractivity contribution in [3.8, 4) is 16.9 Å². The predicted molar refractivity (Wildman–Crippen MR) is 114 cm³/mol. The molecule has 4 nitrogen and oxygen atoms in total. The van der Waals surface area contributed by atoms with Gasteiger partial charge in [-0.25, -0.2) is 9.37 Å². The average Bonchev–Trinajstić information content (AvgIpc) is 3.09. The second kappa shape index (κ2) is 8.38. The predicted octanol–water partition coefficient (Wildman–Crippen LogP) is 5.83. The Morgan fingerprint density at radius 1 is 1.17 bits per heavy atom. The van der Waals surface area contributed by atoms with Gasteiger partial charge in [-0.3, -0.25) is 4.79 Å². The molecule has 0 fully saturated rings. The Labute approximate surface area is 180 Å². The van der Waals surface area contributed by atoms with Gasteiger partial charge in [-0.1, -0.05) is 23.7 Å². The van der Waals surface area contributed by atoms with E-state index in [1.165, 1.54) is 25.4 Å². The SMILES string of the molecule is COc1ccc(-c2ccnc(F)c2)cc1CNC(=O)c1sc2cccc(F)c2c1Cl. The van der Waals surface area contributed by atoms with Gasteiger partial charge in [-0.15, -0.1) is 11.3 Å². The summed E-state index contributed by atoms with van der Waals surface area (Å²) in [5.74, 6) is -0.887. The van der Waals surface area contributed by atoms with Crippen molar-refractivity contribution in [2.45, 2.75) is 6.54 Å². The van der Waals surface area contributed by atoms with Crippen LogP contribution in [0.25, 0.3) is 21.2 Å². The summed E-state index contributed by atoms with van der Waals surface area (Å²) in [4.78, 5) is 16.5. The largest absolute Gasteiger partial charge is 0.496 e. The van der Waals surface area contributed by atoms with Crippen molar-refractivity contribution < 1.29 is 18.3 Å². The molecular weight excluding hydrogens is 430 g/mol. The molecule has 2 aromatic carbocycles. The number of methoxy groups -OCH3 is 1. The Balaban J connectivity index is 1.60. The van der Waals surface area contributed by atoms with Gasteiger partial charge in [0.2, 0.25) is 5.95 Å². The molecule has 1 N–H and O–H groups in total. The minimum absolute atomic E-state index is 0.0959. The van der Waals surface area contributed by atoms with Crippen molar-refractivity contribution in [2.24, 2.45) is 0 Å². The second-order valence-corrected chi connectivity index (χ2v) is 7.86. The normalized spacial score (nSPS) is 10.9. The Morgan fingerprint density at radius 2 is 1.97 bits per heavy atom. The first-order valence-electron chi connectivity index (χ1n) is 8.91. The minimum Gasteiger partial charge on any atom is -0.496 e. The second-order valence-electron chi connectivity index (χ2n) is 6.43. The number of amides is 1. The van der Waals surface area contributed by atoms with E-state index in [1.807, 2.05) is 0 Å². The number of halogens is 3. The fourth-order valence-corrected chi connectivity index (χ4v) is 4.63. The summed E-state index contributed by atoms with van der Waals surface area (Å²) in [6, 6.07) is 13.0. The molecule has 0 bridgehead atoms. The third kappa shape index (κ3) is 3.86. The fraction of sp³-hybridized carbons (Fsp3) is 0.0909. The smallest absolute Gasteiger partial charge is 0.263 e. The van der Waals surface area contributed by atoms with Gasteiger partial charge in [0.05, 0.1) is 12.1 Å². The number of aromatic nitrogens is 1. The highest BCUT2D eigenvalue weighted by Crippen LogP contribution is 2.37. The van der Waals surface area contributed by atoms with E-state index >= 15 is 0 Å². The number of fused-ring (bicyclic) bond motifs is 1. The number of hydrogen-bond acceptors (Lipinski definition) is 4. The van der Waals surface area contributed by atoms with Crippen molar-refractivity contribution in [1.82, 2.24) is 10.3 Å². The first-order valence-corrected chi connectivity index (χ1v) is 10.1. The van der Waals surface area contributed by atoms with Crippen LogP contribution in [0.4, 0.5) is 8.78 Å². The maximum absolute atomic E-state index is 14.1. The van der Waals surface area contributed by atoms with E-state index in [-0.39, 0.29) is 21.8 Å². The van der Waals surface area contributed by atoms with Crippen LogP contribution in [0, 0.1) is 11.8 Å². The van der Waals surface area contributed by atoms with E-state index in [4.69, 9.17) is 16.3 Å². The Morgan fingerprint density at radius 3 is 2.70 bits per heavy atom. The molecule has 4 aromatic rings. The zero-order valence-electron chi connectivity index (χ0n) is 15.7. The molecule has 0 saturated carbocycles. The third-order valence-corrected chi connectivity index (χ3v) is 6.24. The van der Waals surface area contributed by atoms with Crippen LogP contribution in [0.2, 0.25) is 5.02 Å². The Kier molecular flexibility index (Phi) is 5.65. The lowest BCUT2D eigenvalue weighted by Gasteiger charge is -2.12. The van der Waals surface area contributed by atoms with Gasteiger partial charge in [-0.2, -0.15) is 4.39 Å². The molecule has 4 rings (SSSR count). The van der Waals surface area contributed by atoms with E-state index in [1.54, 1.807) is 36.4 Å². The van der Waals surface area contributed by atoms with Crippen molar-refractivity contribution in [3.63, 3.8) is 0 Å².